The Hall–Kier alpha value is -0.830. The molecule has 2 rings (SSSR count). The molecule has 3 heteroatoms. The van der Waals surface area contributed by atoms with E-state index in [2.05, 4.69) is 37.3 Å². The second-order valence-corrected chi connectivity index (χ2v) is 6.44. The van der Waals surface area contributed by atoms with Crippen LogP contribution in [0, 0.1) is 12.8 Å². The van der Waals surface area contributed by atoms with Gasteiger partial charge in [-0.2, -0.15) is 0 Å². The van der Waals surface area contributed by atoms with Gasteiger partial charge in [-0.05, 0) is 55.5 Å². The number of halogens is 1. The van der Waals surface area contributed by atoms with Gasteiger partial charge in [-0.1, -0.05) is 35.9 Å². The van der Waals surface area contributed by atoms with E-state index < -0.39 is 0 Å². The van der Waals surface area contributed by atoms with E-state index >= 15 is 0 Å². The number of nitrogens with two attached hydrogens (primary N) is 1. The van der Waals surface area contributed by atoms with Crippen LogP contribution in [0.2, 0.25) is 4.34 Å². The molecule has 96 valence electrons. The average molecular weight is 280 g/mol. The van der Waals surface area contributed by atoms with E-state index in [-0.39, 0.29) is 0 Å². The molecule has 0 saturated carbocycles. The Bertz CT molecular complexity index is 507. The second kappa shape index (κ2) is 6.37. The predicted octanol–water partition coefficient (Wildman–Crippen LogP) is 4.07. The van der Waals surface area contributed by atoms with E-state index in [1.165, 1.54) is 16.0 Å². The third-order valence-corrected chi connectivity index (χ3v) is 4.48. The fraction of sp³-hybridized carbons (Fsp3) is 0.333. The molecular weight excluding hydrogens is 262 g/mol. The van der Waals surface area contributed by atoms with Crippen molar-refractivity contribution in [2.24, 2.45) is 11.7 Å². The summed E-state index contributed by atoms with van der Waals surface area (Å²) in [5, 5.41) is 0. The monoisotopic (exact) mass is 279 g/mol. The molecule has 1 heterocycles. The highest BCUT2D eigenvalue weighted by Gasteiger charge is 2.11. The molecule has 0 saturated heterocycles. The maximum absolute atomic E-state index is 5.96. The molecule has 0 bridgehead atoms. The summed E-state index contributed by atoms with van der Waals surface area (Å²) in [6, 6.07) is 12.6. The third kappa shape index (κ3) is 3.58. The molecule has 0 radical (unpaired) electrons. The Morgan fingerprint density at radius 2 is 1.94 bits per heavy atom. The summed E-state index contributed by atoms with van der Waals surface area (Å²) in [4.78, 5) is 1.32. The quantitative estimate of drug-likeness (QED) is 0.877. The summed E-state index contributed by atoms with van der Waals surface area (Å²) in [5.74, 6) is 0.487. The van der Waals surface area contributed by atoms with Crippen molar-refractivity contribution >= 4 is 22.9 Å². The summed E-state index contributed by atoms with van der Waals surface area (Å²) in [5.41, 5.74) is 8.64. The van der Waals surface area contributed by atoms with Gasteiger partial charge in [-0.3, -0.25) is 0 Å². The molecular formula is C15H18ClNS. The molecule has 0 fully saturated rings. The minimum absolute atomic E-state index is 0.487. The fourth-order valence-electron chi connectivity index (χ4n) is 2.13. The Morgan fingerprint density at radius 1 is 1.17 bits per heavy atom. The van der Waals surface area contributed by atoms with Crippen molar-refractivity contribution in [3.63, 3.8) is 0 Å². The van der Waals surface area contributed by atoms with Crippen LogP contribution in [0.25, 0.3) is 0 Å². The molecule has 18 heavy (non-hydrogen) atoms. The lowest BCUT2D eigenvalue weighted by Crippen LogP contribution is -2.19. The zero-order chi connectivity index (χ0) is 13.0. The summed E-state index contributed by atoms with van der Waals surface area (Å²) in [6.07, 6.45) is 2.06. The van der Waals surface area contributed by atoms with Gasteiger partial charge in [-0.15, -0.1) is 11.3 Å². The first-order valence-corrected chi connectivity index (χ1v) is 7.37. The van der Waals surface area contributed by atoms with Crippen LogP contribution in [0.5, 0.6) is 0 Å². The molecule has 1 unspecified atom stereocenters. The van der Waals surface area contributed by atoms with Crippen molar-refractivity contribution in [3.8, 4) is 0 Å². The molecule has 0 aliphatic heterocycles. The molecule has 1 nitrogen and oxygen atoms in total. The first kappa shape index (κ1) is 13.6. The van der Waals surface area contributed by atoms with Crippen LogP contribution in [0.1, 0.15) is 16.0 Å². The van der Waals surface area contributed by atoms with Gasteiger partial charge in [0.25, 0.3) is 0 Å². The summed E-state index contributed by atoms with van der Waals surface area (Å²) in [6.45, 7) is 2.87. The zero-order valence-corrected chi connectivity index (χ0v) is 12.1. The zero-order valence-electron chi connectivity index (χ0n) is 10.5. The molecule has 0 amide bonds. The van der Waals surface area contributed by atoms with Gasteiger partial charge in [0.15, 0.2) is 0 Å². The molecule has 2 aromatic rings. The van der Waals surface area contributed by atoms with Crippen molar-refractivity contribution < 1.29 is 0 Å². The third-order valence-electron chi connectivity index (χ3n) is 3.22. The van der Waals surface area contributed by atoms with Gasteiger partial charge >= 0.3 is 0 Å². The van der Waals surface area contributed by atoms with Crippen molar-refractivity contribution in [2.75, 3.05) is 6.54 Å². The van der Waals surface area contributed by atoms with Crippen LogP contribution in [-0.2, 0) is 12.8 Å². The number of thiophene rings is 1. The lowest BCUT2D eigenvalue weighted by Gasteiger charge is -2.15. The van der Waals surface area contributed by atoms with Crippen molar-refractivity contribution in [1.29, 1.82) is 0 Å². The number of aryl methyl sites for hydroxylation is 1. The van der Waals surface area contributed by atoms with Crippen LogP contribution in [0.15, 0.2) is 36.4 Å². The van der Waals surface area contributed by atoms with E-state index in [1.807, 2.05) is 6.07 Å². The lowest BCUT2D eigenvalue weighted by molar-refractivity contribution is 0.536. The summed E-state index contributed by atoms with van der Waals surface area (Å²) >= 11 is 7.62. The maximum atomic E-state index is 5.96. The van der Waals surface area contributed by atoms with Gasteiger partial charge in [0.1, 0.15) is 0 Å². The first-order chi connectivity index (χ1) is 8.69. The van der Waals surface area contributed by atoms with E-state index in [4.69, 9.17) is 17.3 Å². The van der Waals surface area contributed by atoms with E-state index in [1.54, 1.807) is 11.3 Å². The van der Waals surface area contributed by atoms with Crippen LogP contribution in [-0.4, -0.2) is 6.54 Å². The number of benzene rings is 1. The minimum Gasteiger partial charge on any atom is -0.330 e. The second-order valence-electron chi connectivity index (χ2n) is 4.64. The summed E-state index contributed by atoms with van der Waals surface area (Å²) < 4.78 is 0.858. The van der Waals surface area contributed by atoms with Gasteiger partial charge in [0.05, 0.1) is 4.34 Å². The maximum Gasteiger partial charge on any atom is 0.0931 e. The largest absolute Gasteiger partial charge is 0.330 e. The van der Waals surface area contributed by atoms with Crippen molar-refractivity contribution in [3.05, 3.63) is 56.7 Å². The molecule has 1 atom stereocenters. The molecule has 0 spiro atoms. The molecule has 2 N–H and O–H groups in total. The van der Waals surface area contributed by atoms with E-state index in [9.17, 15) is 0 Å². The minimum atomic E-state index is 0.487. The molecule has 1 aromatic carbocycles. The highest BCUT2D eigenvalue weighted by atomic mass is 35.5. The average Bonchev–Trinajstić information content (AvgIpc) is 2.76. The molecule has 1 aromatic heterocycles. The van der Waals surface area contributed by atoms with Gasteiger partial charge in [-0.25, -0.2) is 0 Å². The van der Waals surface area contributed by atoms with Crippen LogP contribution in [0.4, 0.5) is 0 Å². The Morgan fingerprint density at radius 3 is 2.56 bits per heavy atom. The number of rotatable bonds is 5. The number of hydrogen-bond donors (Lipinski definition) is 1. The smallest absolute Gasteiger partial charge is 0.0931 e. The van der Waals surface area contributed by atoms with E-state index in [0.29, 0.717) is 12.5 Å². The highest BCUT2D eigenvalue weighted by molar-refractivity contribution is 7.16. The Balaban J connectivity index is 2.04. The SMILES string of the molecule is Cc1ccccc1CC(CN)Cc1ccc(Cl)s1. The molecule has 0 aliphatic carbocycles. The topological polar surface area (TPSA) is 26.0 Å². The van der Waals surface area contributed by atoms with Crippen LogP contribution >= 0.6 is 22.9 Å². The highest BCUT2D eigenvalue weighted by Crippen LogP contribution is 2.25. The van der Waals surface area contributed by atoms with Crippen LogP contribution in [0.3, 0.4) is 0 Å². The predicted molar refractivity (Wildman–Crippen MR) is 80.5 cm³/mol. The van der Waals surface area contributed by atoms with Gasteiger partial charge < -0.3 is 5.73 Å². The Kier molecular flexibility index (Phi) is 4.81. The lowest BCUT2D eigenvalue weighted by atomic mass is 9.93. The fourth-order valence-corrected chi connectivity index (χ4v) is 3.34. The van der Waals surface area contributed by atoms with Crippen molar-refractivity contribution in [1.82, 2.24) is 0 Å². The van der Waals surface area contributed by atoms with Crippen molar-refractivity contribution in [2.45, 2.75) is 19.8 Å². The number of hydrogen-bond acceptors (Lipinski definition) is 2. The molecule has 0 aliphatic rings. The van der Waals surface area contributed by atoms with Crippen LogP contribution < -0.4 is 5.73 Å². The standard InChI is InChI=1S/C15H18ClNS/c1-11-4-2-3-5-13(11)8-12(10-17)9-14-6-7-15(16)18-14/h2-7,12H,8-10,17H2,1H3. The Labute approximate surface area is 118 Å². The first-order valence-electron chi connectivity index (χ1n) is 6.18. The van der Waals surface area contributed by atoms with Gasteiger partial charge in [0.2, 0.25) is 0 Å². The van der Waals surface area contributed by atoms with Gasteiger partial charge in [0, 0.05) is 4.88 Å². The summed E-state index contributed by atoms with van der Waals surface area (Å²) in [7, 11) is 0. The van der Waals surface area contributed by atoms with E-state index in [0.717, 1.165) is 17.2 Å². The normalized spacial score (nSPS) is 12.6.